The molecule has 3 aromatic rings. The molecule has 3 rings (SSSR count). The zero-order valence-electron chi connectivity index (χ0n) is 31.0. The van der Waals surface area contributed by atoms with Crippen LogP contribution in [0.3, 0.4) is 0 Å². The molecule has 286 valence electrons. The number of esters is 2. The maximum absolute atomic E-state index is 12.8. The van der Waals surface area contributed by atoms with Crippen LogP contribution in [0, 0.1) is 54.3 Å². The Labute approximate surface area is 326 Å². The van der Waals surface area contributed by atoms with Gasteiger partial charge in [0.1, 0.15) is 37.9 Å². The molecule has 2 N–H and O–H groups in total. The van der Waals surface area contributed by atoms with Crippen molar-refractivity contribution in [2.45, 2.75) is 39.1 Å². The third kappa shape index (κ3) is 17.8. The number of rotatable bonds is 18. The molecule has 0 aliphatic carbocycles. The zero-order valence-corrected chi connectivity index (χ0v) is 31.0. The highest BCUT2D eigenvalue weighted by Gasteiger charge is 2.19. The van der Waals surface area contributed by atoms with Crippen LogP contribution in [0.1, 0.15) is 29.2 Å². The molecule has 56 heavy (non-hydrogen) atoms. The van der Waals surface area contributed by atoms with E-state index in [0.29, 0.717) is 28.2 Å². The van der Waals surface area contributed by atoms with E-state index in [1.54, 1.807) is 67.6 Å². The lowest BCUT2D eigenvalue weighted by Gasteiger charge is -2.19. The van der Waals surface area contributed by atoms with Gasteiger partial charge in [0, 0.05) is 30.8 Å². The van der Waals surface area contributed by atoms with Crippen LogP contribution in [-0.4, -0.2) is 62.8 Å². The summed E-state index contributed by atoms with van der Waals surface area (Å²) < 4.78 is 32.6. The molecule has 0 spiro atoms. The summed E-state index contributed by atoms with van der Waals surface area (Å²) >= 11 is 0. The van der Waals surface area contributed by atoms with Crippen LogP contribution in [0.4, 0.5) is 9.59 Å². The topological polar surface area (TPSA) is 148 Å². The van der Waals surface area contributed by atoms with Crippen LogP contribution in [0.25, 0.3) is 0 Å². The van der Waals surface area contributed by atoms with Crippen LogP contribution in [0.5, 0.6) is 11.5 Å². The van der Waals surface area contributed by atoms with Gasteiger partial charge >= 0.3 is 24.1 Å². The van der Waals surface area contributed by atoms with Crippen LogP contribution in [-0.2, 0) is 41.6 Å². The van der Waals surface area contributed by atoms with Crippen LogP contribution in [0.15, 0.2) is 98.1 Å². The van der Waals surface area contributed by atoms with Gasteiger partial charge in [-0.3, -0.25) is 0 Å². The minimum Gasteiger partial charge on any atom is -0.490 e. The maximum atomic E-state index is 12.8. The number of carbonyl (C=O) groups excluding carboxylic acids is 4. The third-order valence-electron chi connectivity index (χ3n) is 6.96. The summed E-state index contributed by atoms with van der Waals surface area (Å²) in [4.78, 5) is 48.7. The second-order valence-corrected chi connectivity index (χ2v) is 11.3. The number of benzene rings is 3. The van der Waals surface area contributed by atoms with Gasteiger partial charge in [0.15, 0.2) is 12.2 Å². The van der Waals surface area contributed by atoms with Crippen molar-refractivity contribution >= 4 is 24.1 Å². The first kappa shape index (κ1) is 42.9. The third-order valence-corrected chi connectivity index (χ3v) is 6.96. The summed E-state index contributed by atoms with van der Waals surface area (Å²) in [6.45, 7) is 9.84. The van der Waals surface area contributed by atoms with Gasteiger partial charge in [0.05, 0.1) is 0 Å². The lowest BCUT2D eigenvalue weighted by atomic mass is 10.1. The minimum atomic E-state index is -0.958. The fraction of sp³-hybridized carbons (Fsp3) is 0.227. The monoisotopic (exact) mass is 756 g/mol. The van der Waals surface area contributed by atoms with Gasteiger partial charge in [-0.15, -0.1) is 0 Å². The smallest absolute Gasteiger partial charge is 0.407 e. The molecule has 0 aliphatic rings. The first-order valence-electron chi connectivity index (χ1n) is 17.1. The van der Waals surface area contributed by atoms with E-state index in [4.69, 9.17) is 28.4 Å². The first-order chi connectivity index (χ1) is 27.2. The summed E-state index contributed by atoms with van der Waals surface area (Å²) in [5.74, 6) is 20.8. The molecule has 0 heterocycles. The van der Waals surface area contributed by atoms with Crippen LogP contribution in [0.2, 0.25) is 0 Å². The Morgan fingerprint density at radius 3 is 1.59 bits per heavy atom. The SMILES string of the molecule is C=CC(=O)OCC(COc1ccc(C)cc1)OC(=O)NCc1cccc(CNC(=O)OC(COC(=O)C=C)COc2ccc(C#CC#CC#CC#CC)cc2)c1. The largest absolute Gasteiger partial charge is 0.490 e. The average Bonchev–Trinajstić information content (AvgIpc) is 3.21. The second kappa shape index (κ2) is 24.7. The van der Waals surface area contributed by atoms with E-state index >= 15 is 0 Å². The van der Waals surface area contributed by atoms with Crippen molar-refractivity contribution < 1.29 is 47.6 Å². The van der Waals surface area contributed by atoms with Crippen LogP contribution < -0.4 is 20.1 Å². The number of amides is 2. The van der Waals surface area contributed by atoms with E-state index in [9.17, 15) is 19.2 Å². The molecule has 2 unspecified atom stereocenters. The molecule has 12 nitrogen and oxygen atoms in total. The molecule has 0 radical (unpaired) electrons. The van der Waals surface area contributed by atoms with Gasteiger partial charge in [-0.1, -0.05) is 67.0 Å². The van der Waals surface area contributed by atoms with Gasteiger partial charge < -0.3 is 39.1 Å². The minimum absolute atomic E-state index is 0.0610. The van der Waals surface area contributed by atoms with Crippen molar-refractivity contribution in [1.29, 1.82) is 0 Å². The number of aryl methyl sites for hydroxylation is 1. The highest BCUT2D eigenvalue weighted by atomic mass is 16.6. The van der Waals surface area contributed by atoms with E-state index in [2.05, 4.69) is 71.2 Å². The Morgan fingerprint density at radius 2 is 1.11 bits per heavy atom. The molecule has 2 amide bonds. The molecule has 0 bridgehead atoms. The van der Waals surface area contributed by atoms with Gasteiger partial charge in [0.25, 0.3) is 0 Å². The molecule has 0 saturated heterocycles. The van der Waals surface area contributed by atoms with Crippen molar-refractivity contribution in [3.05, 3.63) is 120 Å². The molecule has 0 fully saturated rings. The van der Waals surface area contributed by atoms with Crippen molar-refractivity contribution in [3.8, 4) is 58.9 Å². The van der Waals surface area contributed by atoms with Gasteiger partial charge in [0.2, 0.25) is 0 Å². The first-order valence-corrected chi connectivity index (χ1v) is 17.1. The van der Waals surface area contributed by atoms with Gasteiger partial charge in [-0.2, -0.15) is 0 Å². The normalized spacial score (nSPS) is 10.5. The Hall–Kier alpha value is -7.54. The molecule has 0 saturated carbocycles. The number of hydrogen-bond acceptors (Lipinski definition) is 10. The van der Waals surface area contributed by atoms with Crippen molar-refractivity contribution in [3.63, 3.8) is 0 Å². The Kier molecular flexibility index (Phi) is 18.9. The number of ether oxygens (including phenoxy) is 6. The molecule has 3 aromatic carbocycles. The van der Waals surface area contributed by atoms with Crippen molar-refractivity contribution in [2.75, 3.05) is 26.4 Å². The highest BCUT2D eigenvalue weighted by molar-refractivity contribution is 5.81. The fourth-order valence-electron chi connectivity index (χ4n) is 4.22. The maximum Gasteiger partial charge on any atom is 0.407 e. The quantitative estimate of drug-likeness (QED) is 0.0770. The second-order valence-electron chi connectivity index (χ2n) is 11.3. The van der Waals surface area contributed by atoms with Gasteiger partial charge in [-0.05, 0) is 96.9 Å². The molecular formula is C44H40N2O10. The average molecular weight is 757 g/mol. The molecule has 2 atom stereocenters. The Balaban J connectivity index is 1.50. The summed E-state index contributed by atoms with van der Waals surface area (Å²) in [7, 11) is 0. The standard InChI is InChI=1S/C44H40N2O10/c1-5-8-9-10-11-12-13-15-34-20-24-38(25-21-34)52-30-40(32-54-42(48)7-3)56-44(50)46-28-36-17-14-16-35(26-36)27-45-43(49)55-39(31-53-41(47)6-2)29-51-37-22-18-33(4)19-23-37/h6-7,14,16-26,39-40H,2-3,27-32H2,1,4H3,(H,45,49)(H,46,50). The summed E-state index contributed by atoms with van der Waals surface area (Å²) in [5, 5.41) is 5.32. The molecule has 0 aromatic heterocycles. The zero-order chi connectivity index (χ0) is 40.4. The fourth-order valence-corrected chi connectivity index (χ4v) is 4.22. The highest BCUT2D eigenvalue weighted by Crippen LogP contribution is 2.14. The molecular weight excluding hydrogens is 716 g/mol. The molecule has 0 aliphatic heterocycles. The lowest BCUT2D eigenvalue weighted by Crippen LogP contribution is -2.35. The van der Waals surface area contributed by atoms with Crippen molar-refractivity contribution in [2.24, 2.45) is 0 Å². The number of alkyl carbamates (subject to hydrolysis) is 2. The van der Waals surface area contributed by atoms with E-state index in [1.807, 2.05) is 19.1 Å². The lowest BCUT2D eigenvalue weighted by molar-refractivity contribution is -0.142. The summed E-state index contributed by atoms with van der Waals surface area (Å²) in [6.07, 6.45) is -1.40. The van der Waals surface area contributed by atoms with E-state index < -0.39 is 36.3 Å². The van der Waals surface area contributed by atoms with Crippen molar-refractivity contribution in [1.82, 2.24) is 10.6 Å². The predicted molar refractivity (Wildman–Crippen MR) is 207 cm³/mol. The predicted octanol–water partition coefficient (Wildman–Crippen LogP) is 5.18. The summed E-state index contributed by atoms with van der Waals surface area (Å²) in [6, 6.07) is 21.2. The Morgan fingerprint density at radius 1 is 0.643 bits per heavy atom. The van der Waals surface area contributed by atoms with Gasteiger partial charge in [-0.25, -0.2) is 19.2 Å². The number of nitrogens with one attached hydrogen (secondary N) is 2. The number of carbonyl (C=O) groups is 4. The Bertz CT molecular complexity index is 2080. The molecule has 12 heteroatoms. The van der Waals surface area contributed by atoms with E-state index in [1.165, 1.54) is 0 Å². The van der Waals surface area contributed by atoms with E-state index in [0.717, 1.165) is 17.7 Å². The van der Waals surface area contributed by atoms with E-state index in [-0.39, 0.29) is 39.5 Å². The van der Waals surface area contributed by atoms with Crippen LogP contribution >= 0.6 is 0 Å². The number of hydrogen-bond donors (Lipinski definition) is 2. The summed E-state index contributed by atoms with van der Waals surface area (Å²) in [5.41, 5.74) is 3.16.